The number of nitrogens with one attached hydrogen (secondary N) is 1. The molecule has 1 atom stereocenters. The van der Waals surface area contributed by atoms with Crippen molar-refractivity contribution in [2.75, 3.05) is 19.6 Å². The molecule has 0 bridgehead atoms. The Balaban J connectivity index is 2.69. The van der Waals surface area contributed by atoms with E-state index in [1.54, 1.807) is 0 Å². The van der Waals surface area contributed by atoms with E-state index in [0.717, 1.165) is 19.6 Å². The van der Waals surface area contributed by atoms with Crippen molar-refractivity contribution >= 4 is 11.3 Å². The fourth-order valence-electron chi connectivity index (χ4n) is 2.77. The van der Waals surface area contributed by atoms with Crippen molar-refractivity contribution in [3.8, 4) is 0 Å². The van der Waals surface area contributed by atoms with Crippen LogP contribution < -0.4 is 5.32 Å². The van der Waals surface area contributed by atoms with Crippen molar-refractivity contribution in [1.29, 1.82) is 0 Å². The fourth-order valence-corrected chi connectivity index (χ4v) is 3.50. The number of nitrogens with zero attached hydrogens (tertiary/aromatic N) is 1. The van der Waals surface area contributed by atoms with Gasteiger partial charge in [0.15, 0.2) is 0 Å². The van der Waals surface area contributed by atoms with E-state index < -0.39 is 0 Å². The summed E-state index contributed by atoms with van der Waals surface area (Å²) in [6, 6.07) is 5.00. The summed E-state index contributed by atoms with van der Waals surface area (Å²) in [5.41, 5.74) is 0.367. The average Bonchev–Trinajstić information content (AvgIpc) is 2.89. The van der Waals surface area contributed by atoms with Crippen LogP contribution in [0.15, 0.2) is 17.5 Å². The molecule has 0 saturated carbocycles. The van der Waals surface area contributed by atoms with Gasteiger partial charge in [0.1, 0.15) is 0 Å². The van der Waals surface area contributed by atoms with Gasteiger partial charge in [-0.2, -0.15) is 0 Å². The summed E-state index contributed by atoms with van der Waals surface area (Å²) >= 11 is 1.87. The Morgan fingerprint density at radius 3 is 2.60 bits per heavy atom. The second-order valence-corrected chi connectivity index (χ2v) is 7.45. The van der Waals surface area contributed by atoms with Gasteiger partial charge in [0.25, 0.3) is 0 Å². The molecule has 1 N–H and O–H groups in total. The van der Waals surface area contributed by atoms with Gasteiger partial charge in [0.05, 0.1) is 0 Å². The zero-order chi connectivity index (χ0) is 15.0. The molecule has 1 heterocycles. The quantitative estimate of drug-likeness (QED) is 0.689. The van der Waals surface area contributed by atoms with Gasteiger partial charge in [-0.1, -0.05) is 33.3 Å². The first-order valence-electron chi connectivity index (χ1n) is 7.98. The van der Waals surface area contributed by atoms with Crippen molar-refractivity contribution in [3.63, 3.8) is 0 Å². The van der Waals surface area contributed by atoms with Crippen LogP contribution in [-0.4, -0.2) is 30.6 Å². The largest absolute Gasteiger partial charge is 0.316 e. The lowest BCUT2D eigenvalue weighted by molar-refractivity contribution is 0.117. The molecule has 1 unspecified atom stereocenters. The van der Waals surface area contributed by atoms with Gasteiger partial charge in [0.2, 0.25) is 0 Å². The van der Waals surface area contributed by atoms with Crippen LogP contribution in [0.1, 0.15) is 52.3 Å². The third-order valence-electron chi connectivity index (χ3n) is 3.91. The molecular weight excluding hydrogens is 264 g/mol. The van der Waals surface area contributed by atoms with Gasteiger partial charge < -0.3 is 5.32 Å². The molecule has 1 rings (SSSR count). The molecule has 0 radical (unpaired) electrons. The van der Waals surface area contributed by atoms with E-state index in [9.17, 15) is 0 Å². The van der Waals surface area contributed by atoms with Crippen LogP contribution in [0.5, 0.6) is 0 Å². The molecule has 2 nitrogen and oxygen atoms in total. The van der Waals surface area contributed by atoms with Gasteiger partial charge >= 0.3 is 0 Å². The van der Waals surface area contributed by atoms with Crippen molar-refractivity contribution in [2.45, 2.75) is 60.0 Å². The molecule has 1 aromatic heterocycles. The van der Waals surface area contributed by atoms with E-state index in [4.69, 9.17) is 0 Å². The summed E-state index contributed by atoms with van der Waals surface area (Å²) in [6.45, 7) is 16.0. The fraction of sp³-hybridized carbons (Fsp3) is 0.765. The van der Waals surface area contributed by atoms with Crippen LogP contribution in [0, 0.1) is 5.41 Å². The third-order valence-corrected chi connectivity index (χ3v) is 4.77. The van der Waals surface area contributed by atoms with Crippen LogP contribution in [0.3, 0.4) is 0 Å². The molecule has 0 amide bonds. The molecule has 0 aliphatic heterocycles. The molecule has 1 aromatic rings. The first-order chi connectivity index (χ1) is 9.50. The van der Waals surface area contributed by atoms with E-state index in [0.29, 0.717) is 11.5 Å². The lowest BCUT2D eigenvalue weighted by Gasteiger charge is -2.37. The topological polar surface area (TPSA) is 15.3 Å². The van der Waals surface area contributed by atoms with E-state index >= 15 is 0 Å². The highest BCUT2D eigenvalue weighted by Gasteiger charge is 2.27. The van der Waals surface area contributed by atoms with Crippen molar-refractivity contribution in [3.05, 3.63) is 22.4 Å². The summed E-state index contributed by atoms with van der Waals surface area (Å²) in [5, 5.41) is 5.73. The minimum atomic E-state index is 0.367. The summed E-state index contributed by atoms with van der Waals surface area (Å²) in [7, 11) is 0. The number of hydrogen-bond acceptors (Lipinski definition) is 3. The maximum atomic E-state index is 3.55. The average molecular weight is 297 g/mol. The smallest absolute Gasteiger partial charge is 0.0330 e. The Kier molecular flexibility index (Phi) is 7.78. The standard InChI is InChI=1S/C17H32N2S/c1-6-10-17(5,13-18-7-2)14-19(15(3)4)12-16-9-8-11-20-16/h8-9,11,15,18H,6-7,10,12-14H2,1-5H3. The molecule has 0 aromatic carbocycles. The number of thiophene rings is 1. The highest BCUT2D eigenvalue weighted by Crippen LogP contribution is 2.26. The van der Waals surface area contributed by atoms with Crippen LogP contribution in [0.2, 0.25) is 0 Å². The number of rotatable bonds is 10. The third kappa shape index (κ3) is 5.94. The first kappa shape index (κ1) is 17.7. The molecule has 20 heavy (non-hydrogen) atoms. The van der Waals surface area contributed by atoms with Crippen molar-refractivity contribution in [2.24, 2.45) is 5.41 Å². The Hall–Kier alpha value is -0.380. The second-order valence-electron chi connectivity index (χ2n) is 6.42. The highest BCUT2D eigenvalue weighted by atomic mass is 32.1. The van der Waals surface area contributed by atoms with Crippen LogP contribution in [0.25, 0.3) is 0 Å². The Morgan fingerprint density at radius 2 is 2.10 bits per heavy atom. The molecule has 0 fully saturated rings. The predicted molar refractivity (Wildman–Crippen MR) is 91.4 cm³/mol. The summed E-state index contributed by atoms with van der Waals surface area (Å²) < 4.78 is 0. The second kappa shape index (κ2) is 8.81. The minimum Gasteiger partial charge on any atom is -0.316 e. The summed E-state index contributed by atoms with van der Waals surface area (Å²) in [5.74, 6) is 0. The molecule has 116 valence electrons. The molecule has 0 aliphatic carbocycles. The molecule has 0 aliphatic rings. The normalized spacial score (nSPS) is 14.9. The van der Waals surface area contributed by atoms with E-state index in [-0.39, 0.29) is 0 Å². The maximum Gasteiger partial charge on any atom is 0.0330 e. The van der Waals surface area contributed by atoms with Gasteiger partial charge in [0, 0.05) is 30.6 Å². The molecular formula is C17H32N2S. The van der Waals surface area contributed by atoms with Gasteiger partial charge in [-0.05, 0) is 43.7 Å². The maximum absolute atomic E-state index is 3.55. The van der Waals surface area contributed by atoms with E-state index in [2.05, 4.69) is 62.3 Å². The highest BCUT2D eigenvalue weighted by molar-refractivity contribution is 7.09. The first-order valence-corrected chi connectivity index (χ1v) is 8.86. The van der Waals surface area contributed by atoms with E-state index in [1.165, 1.54) is 24.3 Å². The van der Waals surface area contributed by atoms with Crippen molar-refractivity contribution < 1.29 is 0 Å². The van der Waals surface area contributed by atoms with Crippen LogP contribution >= 0.6 is 11.3 Å². The zero-order valence-electron chi connectivity index (χ0n) is 13.9. The lowest BCUT2D eigenvalue weighted by Crippen LogP contribution is -2.44. The molecule has 3 heteroatoms. The Labute approximate surface area is 129 Å². The lowest BCUT2D eigenvalue weighted by atomic mass is 9.84. The Morgan fingerprint density at radius 1 is 1.35 bits per heavy atom. The number of hydrogen-bond donors (Lipinski definition) is 1. The SMILES string of the molecule is CCCC(C)(CNCC)CN(Cc1cccs1)C(C)C. The molecule has 0 saturated heterocycles. The monoisotopic (exact) mass is 296 g/mol. The molecule has 0 spiro atoms. The minimum absolute atomic E-state index is 0.367. The predicted octanol–water partition coefficient (Wildman–Crippen LogP) is 4.37. The van der Waals surface area contributed by atoms with Crippen molar-refractivity contribution in [1.82, 2.24) is 10.2 Å². The van der Waals surface area contributed by atoms with Gasteiger partial charge in [-0.3, -0.25) is 4.90 Å². The van der Waals surface area contributed by atoms with Gasteiger partial charge in [-0.25, -0.2) is 0 Å². The van der Waals surface area contributed by atoms with E-state index in [1.807, 2.05) is 11.3 Å². The van der Waals surface area contributed by atoms with Crippen LogP contribution in [0.4, 0.5) is 0 Å². The van der Waals surface area contributed by atoms with Gasteiger partial charge in [-0.15, -0.1) is 11.3 Å². The Bertz CT molecular complexity index is 348. The van der Waals surface area contributed by atoms with Crippen LogP contribution in [-0.2, 0) is 6.54 Å². The summed E-state index contributed by atoms with van der Waals surface area (Å²) in [6.07, 6.45) is 2.54. The zero-order valence-corrected chi connectivity index (χ0v) is 14.7. The summed E-state index contributed by atoms with van der Waals surface area (Å²) in [4.78, 5) is 4.10.